The van der Waals surface area contributed by atoms with Crippen molar-refractivity contribution in [3.63, 3.8) is 0 Å². The van der Waals surface area contributed by atoms with E-state index >= 15 is 0 Å². The minimum atomic E-state index is -0.0481. The lowest BCUT2D eigenvalue weighted by atomic mass is 9.86. The second-order valence-corrected chi connectivity index (χ2v) is 5.73. The van der Waals surface area contributed by atoms with Gasteiger partial charge in [-0.1, -0.05) is 0 Å². The average Bonchev–Trinajstić information content (AvgIpc) is 2.64. The molecule has 82 valence electrons. The van der Waals surface area contributed by atoms with E-state index in [0.29, 0.717) is 12.1 Å². The molecule has 0 amide bonds. The molecule has 1 fully saturated rings. The van der Waals surface area contributed by atoms with Gasteiger partial charge in [-0.05, 0) is 49.1 Å². The normalized spacial score (nSPS) is 34.6. The van der Waals surface area contributed by atoms with Crippen LogP contribution in [0, 0.1) is 0 Å². The molecule has 3 heteroatoms. The van der Waals surface area contributed by atoms with Gasteiger partial charge in [0.15, 0.2) is 0 Å². The fourth-order valence-electron chi connectivity index (χ4n) is 2.67. The highest BCUT2D eigenvalue weighted by Gasteiger charge is 2.31. The van der Waals surface area contributed by atoms with Crippen LogP contribution in [-0.4, -0.2) is 17.3 Å². The quantitative estimate of drug-likeness (QED) is 0.806. The maximum Gasteiger partial charge on any atom is 0.0570 e. The minimum absolute atomic E-state index is 0.0481. The van der Waals surface area contributed by atoms with Gasteiger partial charge in [0.1, 0.15) is 0 Å². The van der Waals surface area contributed by atoms with Crippen LogP contribution < -0.4 is 5.32 Å². The maximum atomic E-state index is 9.27. The number of aryl methyl sites for hydroxylation is 1. The zero-order valence-electron chi connectivity index (χ0n) is 8.78. The first-order valence-electron chi connectivity index (χ1n) is 5.83. The molecular weight excluding hydrogens is 206 g/mol. The van der Waals surface area contributed by atoms with Gasteiger partial charge in [-0.15, -0.1) is 11.3 Å². The Hall–Kier alpha value is -0.380. The van der Waals surface area contributed by atoms with Crippen LogP contribution in [0.2, 0.25) is 0 Å². The summed E-state index contributed by atoms with van der Waals surface area (Å²) in [5.41, 5.74) is 1.52. The lowest BCUT2D eigenvalue weighted by molar-refractivity contribution is 0.0566. The molecule has 0 spiro atoms. The molecule has 0 aliphatic heterocycles. The van der Waals surface area contributed by atoms with Crippen molar-refractivity contribution < 1.29 is 5.11 Å². The van der Waals surface area contributed by atoms with E-state index in [0.717, 1.165) is 12.8 Å². The molecule has 2 N–H and O–H groups in total. The molecule has 0 bridgehead atoms. The molecule has 1 atom stereocenters. The Balaban J connectivity index is 1.68. The summed E-state index contributed by atoms with van der Waals surface area (Å²) >= 11 is 1.89. The van der Waals surface area contributed by atoms with Crippen LogP contribution in [0.4, 0.5) is 0 Å². The van der Waals surface area contributed by atoms with E-state index in [1.165, 1.54) is 24.8 Å². The molecule has 2 nitrogen and oxygen atoms in total. The van der Waals surface area contributed by atoms with Crippen molar-refractivity contribution in [3.05, 3.63) is 21.9 Å². The summed E-state index contributed by atoms with van der Waals surface area (Å²) in [7, 11) is 0. The number of rotatable bonds is 2. The summed E-state index contributed by atoms with van der Waals surface area (Å²) in [6.07, 6.45) is 5.66. The number of nitrogens with one attached hydrogen (secondary N) is 1. The predicted octanol–water partition coefficient (Wildman–Crippen LogP) is 2.24. The van der Waals surface area contributed by atoms with Crippen molar-refractivity contribution in [2.45, 2.75) is 50.3 Å². The number of aliphatic hydroxyl groups is 1. The fraction of sp³-hybridized carbons (Fsp3) is 0.667. The average molecular weight is 223 g/mol. The van der Waals surface area contributed by atoms with Gasteiger partial charge >= 0.3 is 0 Å². The molecule has 0 aromatic carbocycles. The summed E-state index contributed by atoms with van der Waals surface area (Å²) in [6, 6.07) is 3.37. The first-order chi connectivity index (χ1) is 7.33. The minimum Gasteiger partial charge on any atom is -0.393 e. The van der Waals surface area contributed by atoms with Gasteiger partial charge in [0.05, 0.1) is 6.10 Å². The highest BCUT2D eigenvalue weighted by molar-refractivity contribution is 7.10. The molecule has 1 heterocycles. The van der Waals surface area contributed by atoms with Crippen LogP contribution in [0.3, 0.4) is 0 Å². The molecule has 1 aromatic rings. The van der Waals surface area contributed by atoms with Gasteiger partial charge in [0.25, 0.3) is 0 Å². The molecule has 2 aliphatic rings. The Bertz CT molecular complexity index is 343. The van der Waals surface area contributed by atoms with E-state index in [9.17, 15) is 5.11 Å². The van der Waals surface area contributed by atoms with Crippen molar-refractivity contribution in [1.82, 2.24) is 5.32 Å². The molecule has 2 aliphatic carbocycles. The predicted molar refractivity (Wildman–Crippen MR) is 62.2 cm³/mol. The summed E-state index contributed by atoms with van der Waals surface area (Å²) < 4.78 is 0. The fourth-order valence-corrected chi connectivity index (χ4v) is 3.66. The molecule has 3 rings (SSSR count). The standard InChI is InChI=1S/C12H17NOS/c14-9-6-8(7-9)13-11-2-1-3-12-10(11)4-5-15-12/h4-5,8-9,11,13-14H,1-3,6-7H2. The first kappa shape index (κ1) is 9.82. The van der Waals surface area contributed by atoms with E-state index in [4.69, 9.17) is 0 Å². The Morgan fingerprint density at radius 1 is 1.40 bits per heavy atom. The van der Waals surface area contributed by atoms with Gasteiger partial charge in [-0.2, -0.15) is 0 Å². The summed E-state index contributed by atoms with van der Waals surface area (Å²) in [5.74, 6) is 0. The lowest BCUT2D eigenvalue weighted by Gasteiger charge is -2.36. The smallest absolute Gasteiger partial charge is 0.0570 e. The second kappa shape index (κ2) is 3.89. The van der Waals surface area contributed by atoms with E-state index in [1.807, 2.05) is 11.3 Å². The molecule has 1 saturated carbocycles. The van der Waals surface area contributed by atoms with E-state index in [-0.39, 0.29) is 6.10 Å². The number of thiophene rings is 1. The van der Waals surface area contributed by atoms with E-state index in [2.05, 4.69) is 16.8 Å². The number of hydrogen-bond acceptors (Lipinski definition) is 3. The largest absolute Gasteiger partial charge is 0.393 e. The maximum absolute atomic E-state index is 9.27. The molecule has 15 heavy (non-hydrogen) atoms. The van der Waals surface area contributed by atoms with Gasteiger partial charge in [0.2, 0.25) is 0 Å². The van der Waals surface area contributed by atoms with Crippen LogP contribution in [0.5, 0.6) is 0 Å². The Morgan fingerprint density at radius 3 is 3.07 bits per heavy atom. The summed E-state index contributed by atoms with van der Waals surface area (Å²) in [5, 5.41) is 15.1. The first-order valence-corrected chi connectivity index (χ1v) is 6.71. The van der Waals surface area contributed by atoms with E-state index < -0.39 is 0 Å². The van der Waals surface area contributed by atoms with Crippen LogP contribution in [0.15, 0.2) is 11.4 Å². The monoisotopic (exact) mass is 223 g/mol. The van der Waals surface area contributed by atoms with Crippen molar-refractivity contribution >= 4 is 11.3 Å². The van der Waals surface area contributed by atoms with Crippen molar-refractivity contribution in [1.29, 1.82) is 0 Å². The summed E-state index contributed by atoms with van der Waals surface area (Å²) in [6.45, 7) is 0. The number of fused-ring (bicyclic) bond motifs is 1. The van der Waals surface area contributed by atoms with Gasteiger partial charge in [-0.25, -0.2) is 0 Å². The molecule has 1 unspecified atom stereocenters. The molecule has 1 aromatic heterocycles. The number of hydrogen-bond donors (Lipinski definition) is 2. The Kier molecular flexibility index (Phi) is 2.54. The van der Waals surface area contributed by atoms with Gasteiger partial charge < -0.3 is 10.4 Å². The van der Waals surface area contributed by atoms with Gasteiger partial charge in [-0.3, -0.25) is 0 Å². The highest BCUT2D eigenvalue weighted by atomic mass is 32.1. The van der Waals surface area contributed by atoms with Gasteiger partial charge in [0, 0.05) is 17.0 Å². The summed E-state index contributed by atoms with van der Waals surface area (Å²) in [4.78, 5) is 1.57. The third kappa shape index (κ3) is 1.84. The van der Waals surface area contributed by atoms with Crippen LogP contribution >= 0.6 is 11.3 Å². The SMILES string of the molecule is OC1CC(NC2CCCc3sccc32)C1. The third-order valence-electron chi connectivity index (χ3n) is 3.60. The molecule has 0 saturated heterocycles. The molecular formula is C12H17NOS. The second-order valence-electron chi connectivity index (χ2n) is 4.73. The van der Waals surface area contributed by atoms with Crippen molar-refractivity contribution in [2.75, 3.05) is 0 Å². The lowest BCUT2D eigenvalue weighted by Crippen LogP contribution is -2.46. The zero-order valence-corrected chi connectivity index (χ0v) is 9.59. The van der Waals surface area contributed by atoms with Crippen molar-refractivity contribution in [3.8, 4) is 0 Å². The van der Waals surface area contributed by atoms with Crippen molar-refractivity contribution in [2.24, 2.45) is 0 Å². The Labute approximate surface area is 94.3 Å². The highest BCUT2D eigenvalue weighted by Crippen LogP contribution is 2.35. The zero-order chi connectivity index (χ0) is 10.3. The topological polar surface area (TPSA) is 32.3 Å². The number of aliphatic hydroxyl groups excluding tert-OH is 1. The van der Waals surface area contributed by atoms with Crippen LogP contribution in [0.25, 0.3) is 0 Å². The van der Waals surface area contributed by atoms with Crippen LogP contribution in [-0.2, 0) is 6.42 Å². The third-order valence-corrected chi connectivity index (χ3v) is 4.60. The Morgan fingerprint density at radius 2 is 2.27 bits per heavy atom. The molecule has 0 radical (unpaired) electrons. The van der Waals surface area contributed by atoms with Crippen LogP contribution in [0.1, 0.15) is 42.2 Å². The van der Waals surface area contributed by atoms with E-state index in [1.54, 1.807) is 4.88 Å².